The molecule has 1 heterocycles. The molecule has 1 saturated carbocycles. The van der Waals surface area contributed by atoms with Gasteiger partial charge in [-0.1, -0.05) is 39.0 Å². The van der Waals surface area contributed by atoms with E-state index in [4.69, 9.17) is 0 Å². The van der Waals surface area contributed by atoms with Gasteiger partial charge in [-0.3, -0.25) is 9.52 Å². The first-order valence-corrected chi connectivity index (χ1v) is 11.5. The summed E-state index contributed by atoms with van der Waals surface area (Å²) in [5.41, 5.74) is 1.46. The van der Waals surface area contributed by atoms with Crippen molar-refractivity contribution in [3.8, 4) is 0 Å². The molecule has 0 radical (unpaired) electrons. The smallest absolute Gasteiger partial charge is 0.261 e. The van der Waals surface area contributed by atoms with Crippen molar-refractivity contribution in [2.24, 2.45) is 10.8 Å². The van der Waals surface area contributed by atoms with Crippen LogP contribution in [-0.2, 0) is 10.0 Å². The molecular weight excluding hydrogens is 384 g/mol. The molecule has 0 unspecified atom stereocenters. The Morgan fingerprint density at radius 2 is 1.66 bits per heavy atom. The van der Waals surface area contributed by atoms with Gasteiger partial charge in [0.25, 0.3) is 15.9 Å². The second-order valence-corrected chi connectivity index (χ2v) is 11.3. The summed E-state index contributed by atoms with van der Waals surface area (Å²) in [5.74, 6) is -0.00334. The molecule has 1 N–H and O–H groups in total. The predicted molar refractivity (Wildman–Crippen MR) is 114 cm³/mol. The van der Waals surface area contributed by atoms with Crippen LogP contribution in [0.1, 0.15) is 50.4 Å². The van der Waals surface area contributed by atoms with Crippen molar-refractivity contribution < 1.29 is 13.2 Å². The Morgan fingerprint density at radius 1 is 1.00 bits per heavy atom. The van der Waals surface area contributed by atoms with Gasteiger partial charge in [0.05, 0.1) is 4.90 Å². The average Bonchev–Trinajstić information content (AvgIpc) is 2.90. The van der Waals surface area contributed by atoms with Crippen LogP contribution in [0.3, 0.4) is 0 Å². The number of anilines is 1. The summed E-state index contributed by atoms with van der Waals surface area (Å²) in [4.78, 5) is 15.3. The highest BCUT2D eigenvalue weighted by Gasteiger charge is 2.51. The summed E-state index contributed by atoms with van der Waals surface area (Å²) >= 11 is 0. The van der Waals surface area contributed by atoms with Crippen LogP contribution in [0.15, 0.2) is 59.5 Å². The largest absolute Gasteiger partial charge is 0.335 e. The average molecular weight is 413 g/mol. The fourth-order valence-electron chi connectivity index (χ4n) is 5.36. The van der Waals surface area contributed by atoms with Crippen LogP contribution < -0.4 is 4.72 Å². The summed E-state index contributed by atoms with van der Waals surface area (Å²) in [5, 5.41) is 0. The van der Waals surface area contributed by atoms with Crippen molar-refractivity contribution in [3.05, 3.63) is 60.2 Å². The SMILES string of the molecule is CC1(C)C[C@@H]2C[C@](C)(CN2C(=O)c2ccc(S(=O)(=O)Nc3ccccc3)cc2)C1. The lowest BCUT2D eigenvalue weighted by Crippen LogP contribution is -2.37. The lowest BCUT2D eigenvalue weighted by molar-refractivity contribution is 0.0708. The summed E-state index contributed by atoms with van der Waals surface area (Å²) in [6, 6.07) is 15.3. The number of hydrogen-bond donors (Lipinski definition) is 1. The number of benzene rings is 2. The van der Waals surface area contributed by atoms with Gasteiger partial charge in [0.15, 0.2) is 0 Å². The van der Waals surface area contributed by atoms with E-state index in [-0.39, 0.29) is 27.7 Å². The minimum atomic E-state index is -3.69. The fourth-order valence-corrected chi connectivity index (χ4v) is 6.42. The quantitative estimate of drug-likeness (QED) is 0.802. The Labute approximate surface area is 173 Å². The van der Waals surface area contributed by atoms with Crippen molar-refractivity contribution in [2.75, 3.05) is 11.3 Å². The van der Waals surface area contributed by atoms with E-state index in [1.54, 1.807) is 36.4 Å². The minimum absolute atomic E-state index is 0.00334. The normalized spacial score (nSPS) is 25.6. The van der Waals surface area contributed by atoms with Gasteiger partial charge in [0.1, 0.15) is 0 Å². The molecule has 0 spiro atoms. The maximum absolute atomic E-state index is 13.2. The molecule has 0 aromatic heterocycles. The third-order valence-electron chi connectivity index (χ3n) is 6.11. The van der Waals surface area contributed by atoms with E-state index in [2.05, 4.69) is 25.5 Å². The van der Waals surface area contributed by atoms with Gasteiger partial charge in [-0.2, -0.15) is 0 Å². The molecule has 6 heteroatoms. The number of fused-ring (bicyclic) bond motifs is 2. The second kappa shape index (κ2) is 6.87. The topological polar surface area (TPSA) is 66.5 Å². The van der Waals surface area contributed by atoms with Gasteiger partial charge in [-0.25, -0.2) is 8.42 Å². The fraction of sp³-hybridized carbons (Fsp3) is 0.435. The maximum Gasteiger partial charge on any atom is 0.261 e. The Hall–Kier alpha value is -2.34. The number of hydrogen-bond acceptors (Lipinski definition) is 3. The van der Waals surface area contributed by atoms with Crippen LogP contribution in [0, 0.1) is 10.8 Å². The number of carbonyl (C=O) groups is 1. The zero-order valence-corrected chi connectivity index (χ0v) is 18.0. The molecule has 154 valence electrons. The number of rotatable bonds is 4. The lowest BCUT2D eigenvalue weighted by atomic mass is 9.65. The van der Waals surface area contributed by atoms with E-state index in [0.29, 0.717) is 11.3 Å². The van der Waals surface area contributed by atoms with Crippen LogP contribution >= 0.6 is 0 Å². The van der Waals surface area contributed by atoms with Crippen LogP contribution in [0.25, 0.3) is 0 Å². The summed E-state index contributed by atoms with van der Waals surface area (Å²) in [6.45, 7) is 7.62. The second-order valence-electron chi connectivity index (χ2n) is 9.64. The first-order chi connectivity index (χ1) is 13.6. The zero-order valence-electron chi connectivity index (χ0n) is 17.2. The van der Waals surface area contributed by atoms with Crippen LogP contribution in [-0.4, -0.2) is 31.8 Å². The molecule has 2 fully saturated rings. The molecule has 29 heavy (non-hydrogen) atoms. The molecule has 2 aromatic rings. The standard InChI is InChI=1S/C23H28N2O3S/c1-22(2)13-19-14-23(3,15-22)16-25(19)21(26)17-9-11-20(12-10-17)29(27,28)24-18-7-5-4-6-8-18/h4-12,19,24H,13-16H2,1-3H3/t19-,23+/m1/s1. The lowest BCUT2D eigenvalue weighted by Gasteiger charge is -2.39. The Bertz CT molecular complexity index is 1020. The maximum atomic E-state index is 13.2. The van der Waals surface area contributed by atoms with E-state index < -0.39 is 10.0 Å². The molecule has 1 saturated heterocycles. The van der Waals surface area contributed by atoms with Gasteiger partial charge in [0, 0.05) is 23.8 Å². The summed E-state index contributed by atoms with van der Waals surface area (Å²) in [6.07, 6.45) is 3.19. The van der Waals surface area contributed by atoms with Gasteiger partial charge in [-0.05, 0) is 66.5 Å². The van der Waals surface area contributed by atoms with E-state index in [9.17, 15) is 13.2 Å². The number of sulfonamides is 1. The first kappa shape index (κ1) is 20.0. The van der Waals surface area contributed by atoms with Crippen LogP contribution in [0.2, 0.25) is 0 Å². The van der Waals surface area contributed by atoms with E-state index >= 15 is 0 Å². The Balaban J connectivity index is 1.52. The number of nitrogens with one attached hydrogen (secondary N) is 1. The number of amides is 1. The summed E-state index contributed by atoms with van der Waals surface area (Å²) in [7, 11) is -3.69. The van der Waals surface area contributed by atoms with Crippen molar-refractivity contribution in [3.63, 3.8) is 0 Å². The molecule has 2 atom stereocenters. The predicted octanol–water partition coefficient (Wildman–Crippen LogP) is 4.53. The van der Waals surface area contributed by atoms with Crippen LogP contribution in [0.4, 0.5) is 5.69 Å². The molecule has 1 aliphatic heterocycles. The Kier molecular flexibility index (Phi) is 4.73. The molecule has 5 nitrogen and oxygen atoms in total. The first-order valence-electron chi connectivity index (χ1n) is 10.1. The monoisotopic (exact) mass is 412 g/mol. The van der Waals surface area contributed by atoms with Crippen molar-refractivity contribution in [1.29, 1.82) is 0 Å². The molecular formula is C23H28N2O3S. The number of carbonyl (C=O) groups excluding carboxylic acids is 1. The van der Waals surface area contributed by atoms with Gasteiger partial charge >= 0.3 is 0 Å². The highest BCUT2D eigenvalue weighted by atomic mass is 32.2. The molecule has 2 bridgehead atoms. The van der Waals surface area contributed by atoms with E-state index in [0.717, 1.165) is 25.8 Å². The molecule has 1 aliphatic carbocycles. The number of nitrogens with zero attached hydrogens (tertiary/aromatic N) is 1. The molecule has 2 aliphatic rings. The highest BCUT2D eigenvalue weighted by Crippen LogP contribution is 2.52. The van der Waals surface area contributed by atoms with Crippen molar-refractivity contribution >= 4 is 21.6 Å². The zero-order chi connectivity index (χ0) is 20.9. The van der Waals surface area contributed by atoms with E-state index in [1.165, 1.54) is 12.1 Å². The van der Waals surface area contributed by atoms with Crippen LogP contribution in [0.5, 0.6) is 0 Å². The van der Waals surface area contributed by atoms with E-state index in [1.807, 2.05) is 11.0 Å². The third kappa shape index (κ3) is 4.04. The third-order valence-corrected chi connectivity index (χ3v) is 7.51. The number of likely N-dealkylation sites (tertiary alicyclic amines) is 1. The van der Waals surface area contributed by atoms with Gasteiger partial charge < -0.3 is 4.90 Å². The highest BCUT2D eigenvalue weighted by molar-refractivity contribution is 7.92. The van der Waals surface area contributed by atoms with Crippen molar-refractivity contribution in [1.82, 2.24) is 4.90 Å². The molecule has 2 aromatic carbocycles. The molecule has 1 amide bonds. The van der Waals surface area contributed by atoms with Gasteiger partial charge in [0.2, 0.25) is 0 Å². The number of para-hydroxylation sites is 1. The Morgan fingerprint density at radius 3 is 2.31 bits per heavy atom. The summed E-state index contributed by atoms with van der Waals surface area (Å²) < 4.78 is 27.8. The minimum Gasteiger partial charge on any atom is -0.335 e. The van der Waals surface area contributed by atoms with Gasteiger partial charge in [-0.15, -0.1) is 0 Å². The van der Waals surface area contributed by atoms with Crippen molar-refractivity contribution in [2.45, 2.75) is 51.0 Å². The molecule has 4 rings (SSSR count).